The van der Waals surface area contributed by atoms with Gasteiger partial charge in [0.05, 0.1) is 0 Å². The zero-order valence-electron chi connectivity index (χ0n) is 14.1. The van der Waals surface area contributed by atoms with Crippen molar-refractivity contribution in [3.05, 3.63) is 65.5 Å². The Morgan fingerprint density at radius 3 is 2.75 bits per heavy atom. The first kappa shape index (κ1) is 16.5. The smallest absolute Gasteiger partial charge is 0.317 e. The summed E-state index contributed by atoms with van der Waals surface area (Å²) in [4.78, 5) is 20.2. The van der Waals surface area contributed by atoms with Gasteiger partial charge in [-0.05, 0) is 35.2 Å². The molecule has 1 aromatic heterocycles. The average Bonchev–Trinajstić information content (AvgIpc) is 2.62. The van der Waals surface area contributed by atoms with Crippen LogP contribution in [0.3, 0.4) is 0 Å². The van der Waals surface area contributed by atoms with Gasteiger partial charge >= 0.3 is 6.03 Å². The number of urea groups is 1. The normalized spacial score (nSPS) is 14.0. The van der Waals surface area contributed by atoms with Gasteiger partial charge in [-0.1, -0.05) is 24.3 Å². The van der Waals surface area contributed by atoms with Crippen molar-refractivity contribution in [3.63, 3.8) is 0 Å². The molecule has 24 heavy (non-hydrogen) atoms. The summed E-state index contributed by atoms with van der Waals surface area (Å²) in [6.07, 6.45) is 4.58. The summed E-state index contributed by atoms with van der Waals surface area (Å²) in [5.74, 6) is 0. The highest BCUT2D eigenvalue weighted by Crippen LogP contribution is 2.17. The molecule has 0 spiro atoms. The Hall–Kier alpha value is -2.40. The highest BCUT2D eigenvalue weighted by molar-refractivity contribution is 5.73. The number of aromatic nitrogens is 1. The summed E-state index contributed by atoms with van der Waals surface area (Å²) in [6.45, 7) is 4.16. The van der Waals surface area contributed by atoms with Gasteiger partial charge in [-0.25, -0.2) is 4.79 Å². The van der Waals surface area contributed by atoms with Gasteiger partial charge < -0.3 is 10.2 Å². The van der Waals surface area contributed by atoms with E-state index in [1.165, 1.54) is 11.1 Å². The van der Waals surface area contributed by atoms with E-state index in [1.54, 1.807) is 17.3 Å². The van der Waals surface area contributed by atoms with Gasteiger partial charge in [0.2, 0.25) is 0 Å². The van der Waals surface area contributed by atoms with E-state index in [0.29, 0.717) is 13.1 Å². The summed E-state index contributed by atoms with van der Waals surface area (Å²) in [5.41, 5.74) is 3.94. The van der Waals surface area contributed by atoms with Crippen LogP contribution in [0.1, 0.15) is 16.7 Å². The molecule has 0 bridgehead atoms. The standard InChI is InChI=1S/C19H24N4O/c1-22(14-16-6-9-20-10-7-16)19(24)21-11-13-23-12-8-17-4-2-3-5-18(17)15-23/h2-7,9-10H,8,11-15H2,1H3,(H,21,24). The fraction of sp³-hybridized carbons (Fsp3) is 0.368. The van der Waals surface area contributed by atoms with Gasteiger partial charge in [-0.3, -0.25) is 9.88 Å². The molecule has 2 aromatic rings. The number of hydrogen-bond donors (Lipinski definition) is 1. The minimum atomic E-state index is -0.0378. The van der Waals surface area contributed by atoms with Crippen LogP contribution in [0.15, 0.2) is 48.8 Å². The van der Waals surface area contributed by atoms with Crippen LogP contribution in [0.25, 0.3) is 0 Å². The van der Waals surface area contributed by atoms with Crippen molar-refractivity contribution in [2.75, 3.05) is 26.7 Å². The molecule has 0 atom stereocenters. The van der Waals surface area contributed by atoms with Crippen molar-refractivity contribution in [2.45, 2.75) is 19.5 Å². The van der Waals surface area contributed by atoms with Gasteiger partial charge in [0.1, 0.15) is 0 Å². The summed E-state index contributed by atoms with van der Waals surface area (Å²) >= 11 is 0. The summed E-state index contributed by atoms with van der Waals surface area (Å²) in [7, 11) is 1.81. The summed E-state index contributed by atoms with van der Waals surface area (Å²) in [6, 6.07) is 12.4. The number of hydrogen-bond acceptors (Lipinski definition) is 3. The maximum Gasteiger partial charge on any atom is 0.317 e. The lowest BCUT2D eigenvalue weighted by atomic mass is 10.00. The van der Waals surface area contributed by atoms with Crippen molar-refractivity contribution in [3.8, 4) is 0 Å². The molecular formula is C19H24N4O. The highest BCUT2D eigenvalue weighted by atomic mass is 16.2. The Morgan fingerprint density at radius 1 is 1.21 bits per heavy atom. The molecule has 5 nitrogen and oxygen atoms in total. The number of nitrogens with one attached hydrogen (secondary N) is 1. The third kappa shape index (κ3) is 4.32. The Kier molecular flexibility index (Phi) is 5.43. The zero-order valence-corrected chi connectivity index (χ0v) is 14.1. The minimum absolute atomic E-state index is 0.0378. The fourth-order valence-corrected chi connectivity index (χ4v) is 3.03. The molecule has 2 heterocycles. The molecule has 0 unspecified atom stereocenters. The Morgan fingerprint density at radius 2 is 1.96 bits per heavy atom. The van der Waals surface area contributed by atoms with Gasteiger partial charge in [-0.15, -0.1) is 0 Å². The van der Waals surface area contributed by atoms with Gasteiger partial charge in [0, 0.05) is 52.2 Å². The molecule has 126 valence electrons. The highest BCUT2D eigenvalue weighted by Gasteiger charge is 2.15. The number of fused-ring (bicyclic) bond motifs is 1. The second kappa shape index (κ2) is 7.93. The number of amides is 2. The van der Waals surface area contributed by atoms with Crippen molar-refractivity contribution in [1.29, 1.82) is 0 Å². The van der Waals surface area contributed by atoms with Gasteiger partial charge in [-0.2, -0.15) is 0 Å². The van der Waals surface area contributed by atoms with Crippen LogP contribution in [-0.2, 0) is 19.5 Å². The number of carbonyl (C=O) groups is 1. The second-order valence-electron chi connectivity index (χ2n) is 6.24. The SMILES string of the molecule is CN(Cc1ccncc1)C(=O)NCCN1CCc2ccccc2C1. The van der Waals surface area contributed by atoms with E-state index in [0.717, 1.165) is 31.6 Å². The van der Waals surface area contributed by atoms with Crippen molar-refractivity contribution in [1.82, 2.24) is 20.1 Å². The van der Waals surface area contributed by atoms with E-state index in [9.17, 15) is 4.79 Å². The van der Waals surface area contributed by atoms with E-state index >= 15 is 0 Å². The van der Waals surface area contributed by atoms with Crippen LogP contribution in [-0.4, -0.2) is 47.5 Å². The predicted octanol–water partition coefficient (Wildman–Crippen LogP) is 2.28. The molecule has 1 aliphatic rings. The van der Waals surface area contributed by atoms with Gasteiger partial charge in [0.15, 0.2) is 0 Å². The average molecular weight is 324 g/mol. The summed E-state index contributed by atoms with van der Waals surface area (Å²) in [5, 5.41) is 3.00. The van der Waals surface area contributed by atoms with Gasteiger partial charge in [0.25, 0.3) is 0 Å². The molecule has 3 rings (SSSR count). The van der Waals surface area contributed by atoms with Crippen molar-refractivity contribution >= 4 is 6.03 Å². The third-order valence-electron chi connectivity index (χ3n) is 4.43. The van der Waals surface area contributed by atoms with Crippen LogP contribution in [0.5, 0.6) is 0 Å². The predicted molar refractivity (Wildman–Crippen MR) is 94.5 cm³/mol. The monoisotopic (exact) mass is 324 g/mol. The van der Waals surface area contributed by atoms with Crippen LogP contribution < -0.4 is 5.32 Å². The molecule has 1 aromatic carbocycles. The van der Waals surface area contributed by atoms with Crippen molar-refractivity contribution < 1.29 is 4.79 Å². The molecule has 2 amide bonds. The number of carbonyl (C=O) groups excluding carboxylic acids is 1. The van der Waals surface area contributed by atoms with E-state index in [1.807, 2.05) is 19.2 Å². The van der Waals surface area contributed by atoms with E-state index < -0.39 is 0 Å². The summed E-state index contributed by atoms with van der Waals surface area (Å²) < 4.78 is 0. The lowest BCUT2D eigenvalue weighted by Gasteiger charge is -2.29. The van der Waals surface area contributed by atoms with Crippen LogP contribution in [0, 0.1) is 0 Å². The Balaban J connectivity index is 1.41. The molecule has 0 radical (unpaired) electrons. The number of benzene rings is 1. The maximum atomic E-state index is 12.2. The molecule has 5 heteroatoms. The largest absolute Gasteiger partial charge is 0.337 e. The molecule has 0 saturated heterocycles. The van der Waals surface area contributed by atoms with E-state index in [2.05, 4.69) is 39.5 Å². The minimum Gasteiger partial charge on any atom is -0.337 e. The van der Waals surface area contributed by atoms with Crippen LogP contribution >= 0.6 is 0 Å². The first-order valence-corrected chi connectivity index (χ1v) is 8.39. The molecule has 0 saturated carbocycles. The van der Waals surface area contributed by atoms with Crippen LogP contribution in [0.2, 0.25) is 0 Å². The maximum absolute atomic E-state index is 12.2. The fourth-order valence-electron chi connectivity index (χ4n) is 3.03. The molecule has 1 aliphatic heterocycles. The first-order valence-electron chi connectivity index (χ1n) is 8.39. The molecule has 1 N–H and O–H groups in total. The number of rotatable bonds is 5. The first-order chi connectivity index (χ1) is 11.7. The van der Waals surface area contributed by atoms with Crippen LogP contribution in [0.4, 0.5) is 4.79 Å². The quantitative estimate of drug-likeness (QED) is 0.918. The lowest BCUT2D eigenvalue weighted by Crippen LogP contribution is -2.42. The van der Waals surface area contributed by atoms with Crippen molar-refractivity contribution in [2.24, 2.45) is 0 Å². The lowest BCUT2D eigenvalue weighted by molar-refractivity contribution is 0.201. The third-order valence-corrected chi connectivity index (χ3v) is 4.43. The number of pyridine rings is 1. The Bertz CT molecular complexity index is 674. The Labute approximate surface area is 143 Å². The molecule has 0 aliphatic carbocycles. The number of nitrogens with zero attached hydrogens (tertiary/aromatic N) is 3. The van der Waals surface area contributed by atoms with E-state index in [-0.39, 0.29) is 6.03 Å². The topological polar surface area (TPSA) is 48.5 Å². The zero-order chi connectivity index (χ0) is 16.8. The second-order valence-corrected chi connectivity index (χ2v) is 6.24. The van der Waals surface area contributed by atoms with E-state index in [4.69, 9.17) is 0 Å². The molecule has 0 fully saturated rings. The molecular weight excluding hydrogens is 300 g/mol.